The second-order valence-electron chi connectivity index (χ2n) is 2.71. The smallest absolute Gasteiger partial charge is 0.00277 e. The van der Waals surface area contributed by atoms with E-state index in [0.717, 1.165) is 0 Å². The van der Waals surface area contributed by atoms with Crippen LogP contribution in [0.5, 0.6) is 0 Å². The van der Waals surface area contributed by atoms with Crippen molar-refractivity contribution in [2.24, 2.45) is 5.92 Å². The van der Waals surface area contributed by atoms with Crippen LogP contribution < -0.4 is 5.32 Å². The van der Waals surface area contributed by atoms with Gasteiger partial charge in [0.05, 0.1) is 0 Å². The molecule has 0 heterocycles. The van der Waals surface area contributed by atoms with E-state index in [1.54, 1.807) is 0 Å². The van der Waals surface area contributed by atoms with E-state index in [1.807, 2.05) is 19.3 Å². The third kappa shape index (κ3) is 4.19. The Bertz CT molecular complexity index is 132. The molecule has 0 aliphatic carbocycles. The van der Waals surface area contributed by atoms with E-state index >= 15 is 0 Å². The van der Waals surface area contributed by atoms with Gasteiger partial charge in [-0.25, -0.2) is 0 Å². The lowest BCUT2D eigenvalue weighted by Crippen LogP contribution is -1.91. The van der Waals surface area contributed by atoms with Crippen molar-refractivity contribution in [3.05, 3.63) is 23.9 Å². The van der Waals surface area contributed by atoms with E-state index in [9.17, 15) is 0 Å². The molecule has 0 rings (SSSR count). The number of allylic oxidation sites excluding steroid dienone is 3. The summed E-state index contributed by atoms with van der Waals surface area (Å²) in [5.74, 6) is 0.654. The summed E-state index contributed by atoms with van der Waals surface area (Å²) in [6.45, 7) is 6.53. The van der Waals surface area contributed by atoms with Crippen LogP contribution in [0.1, 0.15) is 20.8 Å². The van der Waals surface area contributed by atoms with Crippen LogP contribution in [0.15, 0.2) is 23.9 Å². The second kappa shape index (κ2) is 5.10. The molecule has 0 atom stereocenters. The lowest BCUT2D eigenvalue weighted by atomic mass is 10.1. The van der Waals surface area contributed by atoms with Crippen LogP contribution >= 0.6 is 0 Å². The molecule has 0 spiro atoms. The molecule has 0 aliphatic rings. The van der Waals surface area contributed by atoms with Crippen molar-refractivity contribution in [3.8, 4) is 0 Å². The highest BCUT2D eigenvalue weighted by Gasteiger charge is 1.91. The molecular weight excluding hydrogens is 122 g/mol. The minimum absolute atomic E-state index is 0.654. The summed E-state index contributed by atoms with van der Waals surface area (Å²) in [6.07, 6.45) is 6.07. The number of rotatable bonds is 3. The molecule has 0 bridgehead atoms. The highest BCUT2D eigenvalue weighted by Crippen LogP contribution is 2.06. The van der Waals surface area contributed by atoms with Gasteiger partial charge in [-0.2, -0.15) is 0 Å². The largest absolute Gasteiger partial charge is 0.394 e. The predicted octanol–water partition coefficient (Wildman–Crippen LogP) is 2.32. The molecule has 0 aliphatic heterocycles. The van der Waals surface area contributed by atoms with Gasteiger partial charge in [0.25, 0.3) is 0 Å². The lowest BCUT2D eigenvalue weighted by molar-refractivity contribution is 0.769. The Morgan fingerprint density at radius 2 is 2.00 bits per heavy atom. The summed E-state index contributed by atoms with van der Waals surface area (Å²) in [7, 11) is 1.90. The van der Waals surface area contributed by atoms with Crippen LogP contribution in [0, 0.1) is 5.92 Å². The molecule has 0 aromatic carbocycles. The van der Waals surface area contributed by atoms with E-state index < -0.39 is 0 Å². The minimum Gasteiger partial charge on any atom is -0.394 e. The average Bonchev–Trinajstić information content (AvgIpc) is 1.88. The fraction of sp³-hybridized carbons (Fsp3) is 0.556. The summed E-state index contributed by atoms with van der Waals surface area (Å²) >= 11 is 0. The second-order valence-corrected chi connectivity index (χ2v) is 2.71. The van der Waals surface area contributed by atoms with Crippen molar-refractivity contribution in [2.75, 3.05) is 7.05 Å². The first-order chi connectivity index (χ1) is 4.68. The van der Waals surface area contributed by atoms with Crippen molar-refractivity contribution in [1.29, 1.82) is 0 Å². The van der Waals surface area contributed by atoms with Gasteiger partial charge in [0.15, 0.2) is 0 Å². The van der Waals surface area contributed by atoms with Gasteiger partial charge >= 0.3 is 0 Å². The highest BCUT2D eigenvalue weighted by molar-refractivity contribution is 5.11. The number of hydrogen-bond acceptors (Lipinski definition) is 1. The van der Waals surface area contributed by atoms with Gasteiger partial charge in [-0.15, -0.1) is 0 Å². The third-order valence-corrected chi connectivity index (χ3v) is 1.53. The van der Waals surface area contributed by atoms with Crippen LogP contribution in [0.2, 0.25) is 0 Å². The van der Waals surface area contributed by atoms with Crippen LogP contribution in [-0.4, -0.2) is 7.05 Å². The normalized spacial score (nSPS) is 13.1. The molecule has 58 valence electrons. The summed E-state index contributed by atoms with van der Waals surface area (Å²) in [5.41, 5.74) is 1.41. The first kappa shape index (κ1) is 9.28. The molecule has 0 radical (unpaired) electrons. The van der Waals surface area contributed by atoms with E-state index in [1.165, 1.54) is 5.57 Å². The fourth-order valence-corrected chi connectivity index (χ4v) is 0.489. The van der Waals surface area contributed by atoms with Gasteiger partial charge in [0.1, 0.15) is 0 Å². The van der Waals surface area contributed by atoms with Crippen molar-refractivity contribution < 1.29 is 0 Å². The van der Waals surface area contributed by atoms with Gasteiger partial charge in [0.2, 0.25) is 0 Å². The summed E-state index contributed by atoms with van der Waals surface area (Å²) < 4.78 is 0. The SMILES string of the molecule is CN/C=C\C=C(/C)C(C)C. The Morgan fingerprint density at radius 3 is 2.40 bits per heavy atom. The van der Waals surface area contributed by atoms with Gasteiger partial charge < -0.3 is 5.32 Å². The van der Waals surface area contributed by atoms with Gasteiger partial charge in [-0.05, 0) is 25.1 Å². The average molecular weight is 139 g/mol. The van der Waals surface area contributed by atoms with E-state index in [2.05, 4.69) is 32.2 Å². The molecule has 0 amide bonds. The molecule has 0 aromatic heterocycles. The molecule has 0 saturated heterocycles. The molecule has 0 fully saturated rings. The minimum atomic E-state index is 0.654. The topological polar surface area (TPSA) is 12.0 Å². The van der Waals surface area contributed by atoms with Crippen molar-refractivity contribution >= 4 is 0 Å². The third-order valence-electron chi connectivity index (χ3n) is 1.53. The van der Waals surface area contributed by atoms with Gasteiger partial charge in [-0.1, -0.05) is 25.5 Å². The van der Waals surface area contributed by atoms with Crippen molar-refractivity contribution in [1.82, 2.24) is 5.32 Å². The summed E-state index contributed by atoms with van der Waals surface area (Å²) in [4.78, 5) is 0. The maximum Gasteiger partial charge on any atom is 0.00277 e. The fourth-order valence-electron chi connectivity index (χ4n) is 0.489. The monoisotopic (exact) mass is 139 g/mol. The van der Waals surface area contributed by atoms with E-state index in [-0.39, 0.29) is 0 Å². The van der Waals surface area contributed by atoms with Crippen LogP contribution in [-0.2, 0) is 0 Å². The lowest BCUT2D eigenvalue weighted by Gasteiger charge is -2.01. The van der Waals surface area contributed by atoms with Crippen LogP contribution in [0.25, 0.3) is 0 Å². The first-order valence-electron chi connectivity index (χ1n) is 3.69. The zero-order valence-electron chi connectivity index (χ0n) is 7.31. The standard InChI is InChI=1S/C9H17N/c1-8(2)9(3)6-5-7-10-4/h5-8,10H,1-4H3/b7-5-,9-6+. The van der Waals surface area contributed by atoms with E-state index in [0.29, 0.717) is 5.92 Å². The zero-order chi connectivity index (χ0) is 7.98. The Balaban J connectivity index is 3.79. The maximum absolute atomic E-state index is 2.94. The van der Waals surface area contributed by atoms with Crippen molar-refractivity contribution in [2.45, 2.75) is 20.8 Å². The Hall–Kier alpha value is -0.720. The Kier molecular flexibility index (Phi) is 4.73. The molecular formula is C9H17N. The van der Waals surface area contributed by atoms with Crippen LogP contribution in [0.4, 0.5) is 0 Å². The molecule has 0 saturated carbocycles. The molecule has 10 heavy (non-hydrogen) atoms. The number of hydrogen-bond donors (Lipinski definition) is 1. The molecule has 1 nitrogen and oxygen atoms in total. The highest BCUT2D eigenvalue weighted by atomic mass is 14.8. The molecule has 0 aromatic rings. The van der Waals surface area contributed by atoms with Crippen molar-refractivity contribution in [3.63, 3.8) is 0 Å². The van der Waals surface area contributed by atoms with E-state index in [4.69, 9.17) is 0 Å². The Morgan fingerprint density at radius 1 is 1.40 bits per heavy atom. The first-order valence-corrected chi connectivity index (χ1v) is 3.69. The molecule has 0 unspecified atom stereocenters. The zero-order valence-corrected chi connectivity index (χ0v) is 7.31. The van der Waals surface area contributed by atoms with Gasteiger partial charge in [-0.3, -0.25) is 0 Å². The quantitative estimate of drug-likeness (QED) is 0.592. The summed E-state index contributed by atoms with van der Waals surface area (Å²) in [5, 5.41) is 2.94. The van der Waals surface area contributed by atoms with Gasteiger partial charge in [0, 0.05) is 7.05 Å². The molecule has 1 heteroatoms. The van der Waals surface area contributed by atoms with Crippen LogP contribution in [0.3, 0.4) is 0 Å². The molecule has 1 N–H and O–H groups in total. The summed E-state index contributed by atoms with van der Waals surface area (Å²) in [6, 6.07) is 0. The Labute approximate surface area is 63.8 Å². The number of nitrogens with one attached hydrogen (secondary N) is 1. The predicted molar refractivity (Wildman–Crippen MR) is 46.8 cm³/mol. The maximum atomic E-state index is 2.94.